The van der Waals surface area contributed by atoms with Gasteiger partial charge in [0.05, 0.1) is 16.5 Å². The van der Waals surface area contributed by atoms with E-state index < -0.39 is 18.1 Å². The molecule has 4 N–H and O–H groups in total. The topological polar surface area (TPSA) is 115 Å². The molecular formula is C15H18FN7O. The van der Waals surface area contributed by atoms with E-state index in [4.69, 9.17) is 5.73 Å². The summed E-state index contributed by atoms with van der Waals surface area (Å²) in [6.45, 7) is 4.62. The molecule has 0 saturated carbocycles. The van der Waals surface area contributed by atoms with Gasteiger partial charge in [0.15, 0.2) is 5.82 Å². The van der Waals surface area contributed by atoms with E-state index in [1.165, 1.54) is 6.33 Å². The van der Waals surface area contributed by atoms with E-state index in [0.717, 1.165) is 5.69 Å². The van der Waals surface area contributed by atoms with Crippen molar-refractivity contribution in [2.45, 2.75) is 26.3 Å². The molecule has 0 aliphatic rings. The lowest BCUT2D eigenvalue weighted by Gasteiger charge is -2.23. The number of nitrogens with zero attached hydrogens (tertiary/aromatic N) is 4. The van der Waals surface area contributed by atoms with E-state index in [9.17, 15) is 9.18 Å². The highest BCUT2D eigenvalue weighted by Crippen LogP contribution is 2.29. The molecule has 0 aliphatic carbocycles. The fraction of sp³-hybridized carbons (Fsp3) is 0.333. The van der Waals surface area contributed by atoms with Crippen LogP contribution in [0.4, 0.5) is 16.0 Å². The predicted molar refractivity (Wildman–Crippen MR) is 88.5 cm³/mol. The van der Waals surface area contributed by atoms with Crippen molar-refractivity contribution in [3.63, 3.8) is 0 Å². The first-order chi connectivity index (χ1) is 11.3. The summed E-state index contributed by atoms with van der Waals surface area (Å²) < 4.78 is 15.0. The molecule has 3 rings (SSSR count). The van der Waals surface area contributed by atoms with Gasteiger partial charge in [0.2, 0.25) is 0 Å². The fourth-order valence-electron chi connectivity index (χ4n) is 2.45. The summed E-state index contributed by atoms with van der Waals surface area (Å²) in [5.41, 5.74) is 6.55. The van der Waals surface area contributed by atoms with Gasteiger partial charge >= 0.3 is 0 Å². The highest BCUT2D eigenvalue weighted by molar-refractivity contribution is 6.14. The minimum Gasteiger partial charge on any atom is -0.383 e. The van der Waals surface area contributed by atoms with E-state index >= 15 is 0 Å². The maximum atomic E-state index is 13.4. The van der Waals surface area contributed by atoms with Crippen molar-refractivity contribution in [3.05, 3.63) is 29.8 Å². The van der Waals surface area contributed by atoms with Gasteiger partial charge in [-0.05, 0) is 20.8 Å². The van der Waals surface area contributed by atoms with Crippen LogP contribution in [0.5, 0.6) is 0 Å². The van der Waals surface area contributed by atoms with Gasteiger partial charge in [-0.2, -0.15) is 5.10 Å². The first-order valence-electron chi connectivity index (χ1n) is 7.35. The summed E-state index contributed by atoms with van der Waals surface area (Å²) in [5.74, 6) is 0.136. The van der Waals surface area contributed by atoms with Gasteiger partial charge in [0.1, 0.15) is 24.5 Å². The van der Waals surface area contributed by atoms with Crippen molar-refractivity contribution in [1.82, 2.24) is 24.7 Å². The van der Waals surface area contributed by atoms with Crippen LogP contribution in [0.1, 0.15) is 29.9 Å². The molecule has 0 unspecified atom stereocenters. The lowest BCUT2D eigenvalue weighted by molar-refractivity contribution is 0.102. The first kappa shape index (κ1) is 15.9. The van der Waals surface area contributed by atoms with Crippen molar-refractivity contribution in [2.24, 2.45) is 0 Å². The maximum Gasteiger partial charge on any atom is 0.259 e. The molecule has 1 amide bonds. The SMILES string of the molecule is Cc1cc(NC(=O)c2cn(C(C)(C)CF)c3ncnc(N)c23)n[nH]1. The smallest absolute Gasteiger partial charge is 0.259 e. The quantitative estimate of drug-likeness (QED) is 0.676. The van der Waals surface area contributed by atoms with Crippen molar-refractivity contribution in [3.8, 4) is 0 Å². The second kappa shape index (κ2) is 5.59. The van der Waals surface area contributed by atoms with E-state index in [-0.39, 0.29) is 11.4 Å². The van der Waals surface area contributed by atoms with Crippen molar-refractivity contribution in [2.75, 3.05) is 17.7 Å². The summed E-state index contributed by atoms with van der Waals surface area (Å²) in [7, 11) is 0. The summed E-state index contributed by atoms with van der Waals surface area (Å²) in [6.07, 6.45) is 2.84. The number of H-pyrrole nitrogens is 1. The number of aromatic nitrogens is 5. The van der Waals surface area contributed by atoms with Crippen LogP contribution >= 0.6 is 0 Å². The molecule has 0 spiro atoms. The van der Waals surface area contributed by atoms with E-state index in [1.54, 1.807) is 30.7 Å². The van der Waals surface area contributed by atoms with E-state index in [2.05, 4.69) is 25.5 Å². The van der Waals surface area contributed by atoms with Gasteiger partial charge in [-0.1, -0.05) is 0 Å². The summed E-state index contributed by atoms with van der Waals surface area (Å²) >= 11 is 0. The predicted octanol–water partition coefficient (Wildman–Crippen LogP) is 2.00. The molecule has 0 aromatic carbocycles. The van der Waals surface area contributed by atoms with E-state index in [0.29, 0.717) is 16.9 Å². The van der Waals surface area contributed by atoms with Crippen LogP contribution in [0, 0.1) is 6.92 Å². The van der Waals surface area contributed by atoms with Crippen molar-refractivity contribution >= 4 is 28.6 Å². The van der Waals surface area contributed by atoms with Crippen LogP contribution in [0.25, 0.3) is 11.0 Å². The normalized spacial score (nSPS) is 11.8. The molecule has 126 valence electrons. The number of nitrogens with one attached hydrogen (secondary N) is 2. The molecule has 0 atom stereocenters. The molecule has 0 radical (unpaired) electrons. The second-order valence-corrected chi connectivity index (χ2v) is 6.21. The highest BCUT2D eigenvalue weighted by atomic mass is 19.1. The minimum atomic E-state index is -0.875. The van der Waals surface area contributed by atoms with Crippen LogP contribution < -0.4 is 11.1 Å². The van der Waals surface area contributed by atoms with Gasteiger partial charge in [0.25, 0.3) is 5.91 Å². The number of nitrogen functional groups attached to an aromatic ring is 1. The molecule has 0 fully saturated rings. The fourth-order valence-corrected chi connectivity index (χ4v) is 2.45. The zero-order valence-corrected chi connectivity index (χ0v) is 13.6. The Balaban J connectivity index is 2.12. The van der Waals surface area contributed by atoms with Crippen LogP contribution in [-0.2, 0) is 5.54 Å². The third-order valence-electron chi connectivity index (χ3n) is 3.78. The Hall–Kier alpha value is -2.97. The number of carbonyl (C=O) groups excluding carboxylic acids is 1. The van der Waals surface area contributed by atoms with Crippen LogP contribution in [0.3, 0.4) is 0 Å². The van der Waals surface area contributed by atoms with Crippen molar-refractivity contribution in [1.29, 1.82) is 0 Å². The lowest BCUT2D eigenvalue weighted by atomic mass is 10.1. The number of rotatable bonds is 4. The van der Waals surface area contributed by atoms with Gasteiger partial charge < -0.3 is 15.6 Å². The Kier molecular flexibility index (Phi) is 3.70. The van der Waals surface area contributed by atoms with Gasteiger partial charge in [-0.15, -0.1) is 0 Å². The average Bonchev–Trinajstić information content (AvgIpc) is 3.12. The van der Waals surface area contributed by atoms with E-state index in [1.807, 2.05) is 6.92 Å². The standard InChI is InChI=1S/C15H18FN7O/c1-8-4-10(22-21-8)20-14(24)9-5-23(15(2,3)6-16)13-11(9)12(17)18-7-19-13/h4-5,7H,6H2,1-3H3,(H2,17,18,19)(H2,20,21,22,24). The van der Waals surface area contributed by atoms with Crippen LogP contribution in [0.2, 0.25) is 0 Å². The zero-order chi connectivity index (χ0) is 17.5. The number of anilines is 2. The lowest BCUT2D eigenvalue weighted by Crippen LogP contribution is -2.28. The molecule has 3 heterocycles. The largest absolute Gasteiger partial charge is 0.383 e. The van der Waals surface area contributed by atoms with Gasteiger partial charge in [-0.3, -0.25) is 9.89 Å². The average molecular weight is 331 g/mol. The number of amides is 1. The number of carbonyl (C=O) groups is 1. The van der Waals surface area contributed by atoms with Gasteiger partial charge in [0, 0.05) is 18.0 Å². The second-order valence-electron chi connectivity index (χ2n) is 6.21. The van der Waals surface area contributed by atoms with Crippen LogP contribution in [-0.4, -0.2) is 37.3 Å². The Morgan fingerprint density at radius 1 is 1.46 bits per heavy atom. The number of halogens is 1. The highest BCUT2D eigenvalue weighted by Gasteiger charge is 2.27. The maximum absolute atomic E-state index is 13.4. The summed E-state index contributed by atoms with van der Waals surface area (Å²) in [5, 5.41) is 9.79. The Morgan fingerprint density at radius 2 is 2.21 bits per heavy atom. The number of aromatic amines is 1. The molecule has 0 aliphatic heterocycles. The molecule has 0 bridgehead atoms. The molecule has 3 aromatic heterocycles. The number of hydrogen-bond acceptors (Lipinski definition) is 5. The molecule has 24 heavy (non-hydrogen) atoms. The number of aryl methyl sites for hydroxylation is 1. The molecule has 8 nitrogen and oxygen atoms in total. The summed E-state index contributed by atoms with van der Waals surface area (Å²) in [6, 6.07) is 1.70. The van der Waals surface area contributed by atoms with Gasteiger partial charge in [-0.25, -0.2) is 14.4 Å². The first-order valence-corrected chi connectivity index (χ1v) is 7.35. The zero-order valence-electron chi connectivity index (χ0n) is 13.6. The number of alkyl halides is 1. The minimum absolute atomic E-state index is 0.164. The van der Waals surface area contributed by atoms with Crippen molar-refractivity contribution < 1.29 is 9.18 Å². The monoisotopic (exact) mass is 331 g/mol. The number of hydrogen-bond donors (Lipinski definition) is 3. The molecule has 9 heteroatoms. The Labute approximate surface area is 137 Å². The number of nitrogens with two attached hydrogens (primary N) is 1. The Bertz CT molecular complexity index is 912. The third-order valence-corrected chi connectivity index (χ3v) is 3.78. The Morgan fingerprint density at radius 3 is 2.83 bits per heavy atom. The van der Waals surface area contributed by atoms with Crippen LogP contribution in [0.15, 0.2) is 18.6 Å². The summed E-state index contributed by atoms with van der Waals surface area (Å²) in [4.78, 5) is 20.7. The molecular weight excluding hydrogens is 313 g/mol. The molecule has 0 saturated heterocycles. The number of fused-ring (bicyclic) bond motifs is 1. The third kappa shape index (κ3) is 2.57. The molecule has 3 aromatic rings.